The van der Waals surface area contributed by atoms with Crippen LogP contribution in [0.5, 0.6) is 0 Å². The van der Waals surface area contributed by atoms with E-state index in [1.54, 1.807) is 7.11 Å². The minimum atomic E-state index is 0.672. The lowest BCUT2D eigenvalue weighted by Crippen LogP contribution is -1.99. The Morgan fingerprint density at radius 1 is 0.720 bits per heavy atom. The van der Waals surface area contributed by atoms with Crippen LogP contribution in [-0.4, -0.2) is 13.0 Å². The Morgan fingerprint density at radius 3 is 2.00 bits per heavy atom. The van der Waals surface area contributed by atoms with Crippen molar-refractivity contribution >= 4 is 17.2 Å². The molecular formula is C23H19NO. The van der Waals surface area contributed by atoms with Crippen LogP contribution in [0.15, 0.2) is 83.9 Å². The first kappa shape index (κ1) is 15.4. The number of benzene rings is 3. The van der Waals surface area contributed by atoms with Gasteiger partial charge in [0.1, 0.15) is 0 Å². The fraction of sp³-hybridized carbons (Fsp3) is 0.0870. The quantitative estimate of drug-likeness (QED) is 0.625. The fourth-order valence-electron chi connectivity index (χ4n) is 3.21. The molecule has 25 heavy (non-hydrogen) atoms. The molecule has 0 radical (unpaired) electrons. The highest BCUT2D eigenvalue weighted by Gasteiger charge is 2.24. The van der Waals surface area contributed by atoms with Gasteiger partial charge in [0.2, 0.25) is 5.90 Å². The molecule has 4 rings (SSSR count). The van der Waals surface area contributed by atoms with Crippen LogP contribution in [0.25, 0.3) is 11.3 Å². The molecular weight excluding hydrogens is 306 g/mol. The van der Waals surface area contributed by atoms with Gasteiger partial charge in [-0.2, -0.15) is 0 Å². The first-order chi connectivity index (χ1) is 12.3. The van der Waals surface area contributed by atoms with Crippen LogP contribution in [-0.2, 0) is 4.74 Å². The Morgan fingerprint density at radius 2 is 1.32 bits per heavy atom. The highest BCUT2D eigenvalue weighted by Crippen LogP contribution is 2.38. The van der Waals surface area contributed by atoms with Crippen molar-refractivity contribution in [3.63, 3.8) is 0 Å². The van der Waals surface area contributed by atoms with E-state index in [-0.39, 0.29) is 0 Å². The minimum absolute atomic E-state index is 0.672. The minimum Gasteiger partial charge on any atom is -0.481 e. The zero-order valence-corrected chi connectivity index (χ0v) is 14.4. The predicted octanol–water partition coefficient (Wildman–Crippen LogP) is 5.32. The summed E-state index contributed by atoms with van der Waals surface area (Å²) in [4.78, 5) is 4.82. The van der Waals surface area contributed by atoms with Gasteiger partial charge in [0.15, 0.2) is 0 Å². The third-order valence-electron chi connectivity index (χ3n) is 4.46. The zero-order chi connectivity index (χ0) is 17.2. The summed E-state index contributed by atoms with van der Waals surface area (Å²) in [6.07, 6.45) is 0. The van der Waals surface area contributed by atoms with Gasteiger partial charge in [-0.15, -0.1) is 0 Å². The number of aliphatic imine (C=N–C) groups is 1. The molecule has 122 valence electrons. The lowest BCUT2D eigenvalue weighted by atomic mass is 9.92. The summed E-state index contributed by atoms with van der Waals surface area (Å²) in [6.45, 7) is 2.10. The average molecular weight is 325 g/mol. The van der Waals surface area contributed by atoms with E-state index in [2.05, 4.69) is 67.6 Å². The van der Waals surface area contributed by atoms with Crippen molar-refractivity contribution in [3.8, 4) is 0 Å². The highest BCUT2D eigenvalue weighted by molar-refractivity contribution is 6.13. The number of methoxy groups -OCH3 is 1. The maximum atomic E-state index is 5.52. The van der Waals surface area contributed by atoms with E-state index in [4.69, 9.17) is 9.73 Å². The molecule has 3 aromatic rings. The average Bonchev–Trinajstić information content (AvgIpc) is 3.03. The van der Waals surface area contributed by atoms with Gasteiger partial charge in [-0.1, -0.05) is 78.4 Å². The molecule has 0 unspecified atom stereocenters. The van der Waals surface area contributed by atoms with Gasteiger partial charge in [-0.3, -0.25) is 0 Å². The van der Waals surface area contributed by atoms with Crippen LogP contribution in [0.1, 0.15) is 27.8 Å². The summed E-state index contributed by atoms with van der Waals surface area (Å²) >= 11 is 0. The largest absolute Gasteiger partial charge is 0.481 e. The van der Waals surface area contributed by atoms with E-state index in [0.29, 0.717) is 5.90 Å². The molecule has 0 aliphatic carbocycles. The Hall–Kier alpha value is -3.13. The standard InChI is InChI=1S/C23H19NO/c1-16-12-14-18(15-13-16)21(17-8-4-3-5-9-17)22-19-10-6-7-11-20(19)23(24-22)25-2/h3-15H,1-2H3/b22-21+. The normalized spacial score (nSPS) is 14.7. The number of fused-ring (bicyclic) bond motifs is 1. The van der Waals surface area contributed by atoms with Gasteiger partial charge in [0, 0.05) is 16.7 Å². The first-order valence-electron chi connectivity index (χ1n) is 8.37. The molecule has 1 aliphatic heterocycles. The van der Waals surface area contributed by atoms with Gasteiger partial charge in [-0.25, -0.2) is 4.99 Å². The number of rotatable bonds is 2. The first-order valence-corrected chi connectivity index (χ1v) is 8.37. The van der Waals surface area contributed by atoms with Gasteiger partial charge < -0.3 is 4.74 Å². The number of nitrogens with zero attached hydrogens (tertiary/aromatic N) is 1. The second-order valence-corrected chi connectivity index (χ2v) is 6.12. The number of aryl methyl sites for hydroxylation is 1. The number of hydrogen-bond acceptors (Lipinski definition) is 2. The van der Waals surface area contributed by atoms with Crippen molar-refractivity contribution in [2.45, 2.75) is 6.92 Å². The van der Waals surface area contributed by atoms with E-state index in [1.165, 1.54) is 5.56 Å². The number of hydrogen-bond donors (Lipinski definition) is 0. The Labute approximate surface area is 148 Å². The van der Waals surface area contributed by atoms with Gasteiger partial charge in [-0.05, 0) is 24.1 Å². The Balaban J connectivity index is 2.03. The lowest BCUT2D eigenvalue weighted by molar-refractivity contribution is 0.406. The van der Waals surface area contributed by atoms with Gasteiger partial charge in [0.25, 0.3) is 0 Å². The molecule has 3 aromatic carbocycles. The Kier molecular flexibility index (Phi) is 3.95. The molecule has 2 heteroatoms. The summed E-state index contributed by atoms with van der Waals surface area (Å²) in [5, 5.41) is 0. The van der Waals surface area contributed by atoms with Crippen molar-refractivity contribution in [2.24, 2.45) is 4.99 Å². The molecule has 1 aliphatic rings. The van der Waals surface area contributed by atoms with Crippen molar-refractivity contribution < 1.29 is 4.74 Å². The van der Waals surface area contributed by atoms with Crippen LogP contribution in [0, 0.1) is 6.92 Å². The van der Waals surface area contributed by atoms with Crippen molar-refractivity contribution in [2.75, 3.05) is 7.11 Å². The summed E-state index contributed by atoms with van der Waals surface area (Å²) in [5.74, 6) is 0.672. The topological polar surface area (TPSA) is 21.6 Å². The van der Waals surface area contributed by atoms with Crippen molar-refractivity contribution in [3.05, 3.63) is 107 Å². The van der Waals surface area contributed by atoms with Crippen molar-refractivity contribution in [1.82, 2.24) is 0 Å². The molecule has 0 N–H and O–H groups in total. The van der Waals surface area contributed by atoms with Gasteiger partial charge >= 0.3 is 0 Å². The van der Waals surface area contributed by atoms with E-state index in [1.807, 2.05) is 18.2 Å². The SMILES string of the molecule is COC1=N/C(=C(\c2ccccc2)c2ccc(C)cc2)c2ccccc21. The molecule has 0 atom stereocenters. The molecule has 0 aromatic heterocycles. The zero-order valence-electron chi connectivity index (χ0n) is 14.4. The molecule has 0 spiro atoms. The summed E-state index contributed by atoms with van der Waals surface area (Å²) in [5.41, 5.74) is 7.79. The molecule has 0 fully saturated rings. The molecule has 0 amide bonds. The summed E-state index contributed by atoms with van der Waals surface area (Å²) in [7, 11) is 1.67. The Bertz CT molecular complexity index is 966. The van der Waals surface area contributed by atoms with Crippen LogP contribution >= 0.6 is 0 Å². The van der Waals surface area contributed by atoms with E-state index in [9.17, 15) is 0 Å². The van der Waals surface area contributed by atoms with Crippen LogP contribution in [0.4, 0.5) is 0 Å². The van der Waals surface area contributed by atoms with E-state index >= 15 is 0 Å². The number of ether oxygens (including phenoxy) is 1. The lowest BCUT2D eigenvalue weighted by Gasteiger charge is -2.12. The van der Waals surface area contributed by atoms with E-state index in [0.717, 1.165) is 33.5 Å². The second kappa shape index (κ2) is 6.40. The maximum absolute atomic E-state index is 5.52. The second-order valence-electron chi connectivity index (χ2n) is 6.12. The molecule has 0 saturated heterocycles. The van der Waals surface area contributed by atoms with Crippen LogP contribution in [0.3, 0.4) is 0 Å². The molecule has 2 nitrogen and oxygen atoms in total. The molecule has 0 bridgehead atoms. The fourth-order valence-corrected chi connectivity index (χ4v) is 3.21. The van der Waals surface area contributed by atoms with Crippen molar-refractivity contribution in [1.29, 1.82) is 0 Å². The van der Waals surface area contributed by atoms with Crippen LogP contribution < -0.4 is 0 Å². The third kappa shape index (κ3) is 2.76. The molecule has 1 heterocycles. The smallest absolute Gasteiger partial charge is 0.221 e. The third-order valence-corrected chi connectivity index (χ3v) is 4.46. The molecule has 0 saturated carbocycles. The van der Waals surface area contributed by atoms with Crippen LogP contribution in [0.2, 0.25) is 0 Å². The highest BCUT2D eigenvalue weighted by atomic mass is 16.5. The van der Waals surface area contributed by atoms with E-state index < -0.39 is 0 Å². The predicted molar refractivity (Wildman–Crippen MR) is 104 cm³/mol. The van der Waals surface area contributed by atoms with Gasteiger partial charge in [0.05, 0.1) is 12.8 Å². The maximum Gasteiger partial charge on any atom is 0.221 e. The summed E-state index contributed by atoms with van der Waals surface area (Å²) in [6, 6.07) is 27.2. The monoisotopic (exact) mass is 325 g/mol. The summed E-state index contributed by atoms with van der Waals surface area (Å²) < 4.78 is 5.52.